The van der Waals surface area contributed by atoms with Crippen LogP contribution in [0.25, 0.3) is 86.4 Å². The van der Waals surface area contributed by atoms with E-state index in [1.807, 2.05) is 35.7 Å². The summed E-state index contributed by atoms with van der Waals surface area (Å²) < 4.78 is 7.23. The lowest BCUT2D eigenvalue weighted by molar-refractivity contribution is 1.17. The normalized spacial score (nSPS) is 11.8. The first-order valence-electron chi connectivity index (χ1n) is 15.6. The maximum absolute atomic E-state index is 9.58. The second kappa shape index (κ2) is 9.89. The van der Waals surface area contributed by atoms with Gasteiger partial charge < -0.3 is 9.13 Å². The second-order valence-electron chi connectivity index (χ2n) is 11.9. The molecule has 0 unspecified atom stereocenters. The minimum absolute atomic E-state index is 0.666. The van der Waals surface area contributed by atoms with E-state index in [0.29, 0.717) is 5.56 Å². The van der Waals surface area contributed by atoms with Gasteiger partial charge >= 0.3 is 0 Å². The number of nitrogens with zero attached hydrogens (tertiary/aromatic N) is 4. The molecule has 0 atom stereocenters. The lowest BCUT2D eigenvalue weighted by atomic mass is 10.0. The molecule has 0 N–H and O–H groups in total. The van der Waals surface area contributed by atoms with Crippen molar-refractivity contribution >= 4 is 75.3 Å². The number of pyridine rings is 1. The highest BCUT2D eigenvalue weighted by atomic mass is 32.1. The first-order chi connectivity index (χ1) is 23.3. The molecule has 0 saturated heterocycles. The summed E-state index contributed by atoms with van der Waals surface area (Å²) in [5.41, 5.74) is 10.6. The van der Waals surface area contributed by atoms with E-state index >= 15 is 0 Å². The number of nitriles is 1. The standard InChI is InChI=1S/C42H24N4S/c43-25-26-17-19-36-34(22-26)31-12-1-3-14-35(31)45(36)29-10-5-8-27(23-29)28-9-6-11-30(24-28)46-37-20-18-33-32-13-2-4-16-39(32)47-42(33)40(37)41-38(46)15-7-21-44-41/h1-24H. The number of fused-ring (bicyclic) bond motifs is 10. The zero-order chi connectivity index (χ0) is 31.1. The van der Waals surface area contributed by atoms with Crippen molar-refractivity contribution in [2.75, 3.05) is 0 Å². The molecule has 4 aromatic heterocycles. The van der Waals surface area contributed by atoms with Gasteiger partial charge in [0.2, 0.25) is 0 Å². The van der Waals surface area contributed by atoms with E-state index < -0.39 is 0 Å². The van der Waals surface area contributed by atoms with Crippen LogP contribution in [0.3, 0.4) is 0 Å². The highest BCUT2D eigenvalue weighted by molar-refractivity contribution is 7.26. The van der Waals surface area contributed by atoms with E-state index in [4.69, 9.17) is 4.98 Å². The highest BCUT2D eigenvalue weighted by Crippen LogP contribution is 2.43. The Hall–Kier alpha value is -6.22. The summed E-state index contributed by atoms with van der Waals surface area (Å²) in [7, 11) is 0. The Bertz CT molecular complexity index is 2930. The van der Waals surface area contributed by atoms with Crippen LogP contribution in [0.1, 0.15) is 5.56 Å². The van der Waals surface area contributed by atoms with Gasteiger partial charge in [0.15, 0.2) is 0 Å². The first kappa shape index (κ1) is 26.0. The zero-order valence-corrected chi connectivity index (χ0v) is 25.9. The van der Waals surface area contributed by atoms with Crippen LogP contribution in [-0.2, 0) is 0 Å². The van der Waals surface area contributed by atoms with Crippen molar-refractivity contribution in [3.8, 4) is 28.6 Å². The van der Waals surface area contributed by atoms with Crippen LogP contribution in [0, 0.1) is 11.3 Å². The molecule has 4 heterocycles. The van der Waals surface area contributed by atoms with Gasteiger partial charge in [-0.25, -0.2) is 0 Å². The van der Waals surface area contributed by atoms with Gasteiger partial charge in [-0.1, -0.05) is 66.7 Å². The van der Waals surface area contributed by atoms with Gasteiger partial charge in [0.25, 0.3) is 0 Å². The summed E-state index contributed by atoms with van der Waals surface area (Å²) in [5, 5.41) is 15.6. The number of hydrogen-bond donors (Lipinski definition) is 0. The third-order valence-corrected chi connectivity index (χ3v) is 10.6. The Labute approximate surface area is 273 Å². The van der Waals surface area contributed by atoms with Crippen LogP contribution < -0.4 is 0 Å². The fourth-order valence-corrected chi connectivity index (χ4v) is 8.59. The Kier molecular flexibility index (Phi) is 5.48. The van der Waals surface area contributed by atoms with Crippen molar-refractivity contribution < 1.29 is 0 Å². The molecule has 0 bridgehead atoms. The topological polar surface area (TPSA) is 46.5 Å². The van der Waals surface area contributed by atoms with Gasteiger partial charge in [-0.2, -0.15) is 5.26 Å². The van der Waals surface area contributed by atoms with Crippen molar-refractivity contribution in [2.24, 2.45) is 0 Å². The van der Waals surface area contributed by atoms with Crippen LogP contribution >= 0.6 is 11.3 Å². The predicted molar refractivity (Wildman–Crippen MR) is 196 cm³/mol. The van der Waals surface area contributed by atoms with Crippen LogP contribution in [0.5, 0.6) is 0 Å². The van der Waals surface area contributed by atoms with Gasteiger partial charge in [-0.15, -0.1) is 11.3 Å². The Morgan fingerprint density at radius 1 is 0.532 bits per heavy atom. The molecule has 0 aliphatic carbocycles. The maximum atomic E-state index is 9.58. The fourth-order valence-electron chi connectivity index (χ4n) is 7.34. The average Bonchev–Trinajstić information content (AvgIpc) is 3.79. The summed E-state index contributed by atoms with van der Waals surface area (Å²) in [6.07, 6.45) is 1.90. The van der Waals surface area contributed by atoms with E-state index in [2.05, 4.69) is 137 Å². The van der Waals surface area contributed by atoms with Gasteiger partial charge in [-0.05, 0) is 83.9 Å². The molecular weight excluding hydrogens is 593 g/mol. The smallest absolute Gasteiger partial charge is 0.0991 e. The molecule has 10 aromatic rings. The van der Waals surface area contributed by atoms with Crippen molar-refractivity contribution in [3.05, 3.63) is 151 Å². The van der Waals surface area contributed by atoms with Gasteiger partial charge in [0.1, 0.15) is 0 Å². The van der Waals surface area contributed by atoms with Gasteiger partial charge in [0.05, 0.1) is 39.2 Å². The minimum atomic E-state index is 0.666. The molecule has 0 radical (unpaired) electrons. The lowest BCUT2D eigenvalue weighted by Gasteiger charge is -2.12. The predicted octanol–water partition coefficient (Wildman–Crippen LogP) is 11.2. The second-order valence-corrected chi connectivity index (χ2v) is 13.0. The van der Waals surface area contributed by atoms with Crippen LogP contribution in [0.4, 0.5) is 0 Å². The highest BCUT2D eigenvalue weighted by Gasteiger charge is 2.19. The molecule has 5 heteroatoms. The van der Waals surface area contributed by atoms with Crippen LogP contribution in [0.2, 0.25) is 0 Å². The van der Waals surface area contributed by atoms with Crippen LogP contribution in [-0.4, -0.2) is 14.1 Å². The molecule has 0 aliphatic rings. The Balaban J connectivity index is 1.16. The first-order valence-corrected chi connectivity index (χ1v) is 16.4. The van der Waals surface area contributed by atoms with Crippen molar-refractivity contribution in [1.29, 1.82) is 5.26 Å². The largest absolute Gasteiger partial charge is 0.309 e. The third-order valence-electron chi connectivity index (χ3n) is 9.37. The van der Waals surface area contributed by atoms with Crippen molar-refractivity contribution in [1.82, 2.24) is 14.1 Å². The van der Waals surface area contributed by atoms with Gasteiger partial charge in [0, 0.05) is 53.9 Å². The van der Waals surface area contributed by atoms with Gasteiger partial charge in [-0.3, -0.25) is 4.98 Å². The van der Waals surface area contributed by atoms with E-state index in [9.17, 15) is 5.26 Å². The van der Waals surface area contributed by atoms with Crippen LogP contribution in [0.15, 0.2) is 146 Å². The average molecular weight is 617 g/mol. The SMILES string of the molecule is N#Cc1ccc2c(c1)c1ccccc1n2-c1cccc(-c2cccc(-n3c4cccnc4c4c5sc6ccccc6c5ccc43)c2)c1. The summed E-state index contributed by atoms with van der Waals surface area (Å²) in [6, 6.07) is 51.6. The molecule has 0 aliphatic heterocycles. The minimum Gasteiger partial charge on any atom is -0.309 e. The molecule has 0 spiro atoms. The molecule has 4 nitrogen and oxygen atoms in total. The number of para-hydroxylation sites is 1. The zero-order valence-electron chi connectivity index (χ0n) is 25.1. The number of benzene rings is 6. The van der Waals surface area contributed by atoms with E-state index in [0.717, 1.165) is 60.9 Å². The van der Waals surface area contributed by atoms with E-state index in [-0.39, 0.29) is 0 Å². The maximum Gasteiger partial charge on any atom is 0.0991 e. The Morgan fingerprint density at radius 2 is 1.21 bits per heavy atom. The number of rotatable bonds is 3. The summed E-state index contributed by atoms with van der Waals surface area (Å²) in [6.45, 7) is 0. The number of aromatic nitrogens is 3. The summed E-state index contributed by atoms with van der Waals surface area (Å²) in [4.78, 5) is 4.92. The molecular formula is C42H24N4S. The quantitative estimate of drug-likeness (QED) is 0.198. The number of thiophene rings is 1. The molecule has 10 rings (SSSR count). The Morgan fingerprint density at radius 3 is 2.02 bits per heavy atom. The molecule has 6 aromatic carbocycles. The van der Waals surface area contributed by atoms with E-state index in [1.165, 1.54) is 25.6 Å². The van der Waals surface area contributed by atoms with E-state index in [1.54, 1.807) is 0 Å². The summed E-state index contributed by atoms with van der Waals surface area (Å²) in [5.74, 6) is 0. The molecule has 218 valence electrons. The van der Waals surface area contributed by atoms with Crippen molar-refractivity contribution in [2.45, 2.75) is 0 Å². The molecule has 0 amide bonds. The lowest BCUT2D eigenvalue weighted by Crippen LogP contribution is -1.96. The molecule has 0 fully saturated rings. The third kappa shape index (κ3) is 3.77. The van der Waals surface area contributed by atoms with Crippen molar-refractivity contribution in [3.63, 3.8) is 0 Å². The molecule has 0 saturated carbocycles. The summed E-state index contributed by atoms with van der Waals surface area (Å²) >= 11 is 1.85. The molecule has 47 heavy (non-hydrogen) atoms. The monoisotopic (exact) mass is 616 g/mol. The number of hydrogen-bond acceptors (Lipinski definition) is 3. The fraction of sp³-hybridized carbons (Fsp3) is 0.